The minimum absolute atomic E-state index is 0.113. The number of nitrogens with one attached hydrogen (secondary N) is 2. The fourth-order valence-corrected chi connectivity index (χ4v) is 3.70. The molecular weight excluding hydrogens is 386 g/mol. The number of carbonyl (C=O) groups is 1. The van der Waals surface area contributed by atoms with Crippen LogP contribution in [0.3, 0.4) is 0 Å². The number of hydrogen-bond acceptors (Lipinski definition) is 6. The molecule has 3 aromatic rings. The number of aryl methyl sites for hydroxylation is 1. The van der Waals surface area contributed by atoms with Crippen molar-refractivity contribution >= 4 is 34.3 Å². The molecule has 1 atom stereocenters. The molecule has 148 valence electrons. The van der Waals surface area contributed by atoms with Crippen LogP contribution in [0.15, 0.2) is 63.8 Å². The van der Waals surface area contributed by atoms with Crippen LogP contribution in [0.1, 0.15) is 35.5 Å². The van der Waals surface area contributed by atoms with Crippen LogP contribution in [0.5, 0.6) is 0 Å². The lowest BCUT2D eigenvalue weighted by molar-refractivity contribution is 0.212. The van der Waals surface area contributed by atoms with Crippen molar-refractivity contribution in [2.45, 2.75) is 19.9 Å². The summed E-state index contributed by atoms with van der Waals surface area (Å²) in [5, 5.41) is 9.87. The number of thiazole rings is 1. The number of amides is 2. The minimum atomic E-state index is -0.257. The number of carbonyl (C=O) groups excluding carboxylic acids is 1. The molecule has 29 heavy (non-hydrogen) atoms. The van der Waals surface area contributed by atoms with E-state index < -0.39 is 0 Å². The van der Waals surface area contributed by atoms with Crippen molar-refractivity contribution in [2.24, 2.45) is 5.10 Å². The highest BCUT2D eigenvalue weighted by atomic mass is 32.1. The molecule has 2 N–H and O–H groups in total. The number of benzene rings is 1. The molecule has 0 radical (unpaired) electrons. The van der Waals surface area contributed by atoms with Gasteiger partial charge in [-0.3, -0.25) is 5.43 Å². The van der Waals surface area contributed by atoms with Crippen molar-refractivity contribution in [2.75, 3.05) is 12.0 Å². The molecule has 0 fully saturated rings. The lowest BCUT2D eigenvalue weighted by Gasteiger charge is -2.31. The average molecular weight is 407 g/mol. The molecule has 1 aliphatic rings. The average Bonchev–Trinajstić information content (AvgIpc) is 3.41. The molecule has 0 aliphatic carbocycles. The van der Waals surface area contributed by atoms with Gasteiger partial charge < -0.3 is 14.6 Å². The monoisotopic (exact) mass is 407 g/mol. The second-order valence-electron chi connectivity index (χ2n) is 6.59. The third-order valence-corrected chi connectivity index (χ3v) is 5.33. The zero-order chi connectivity index (χ0) is 20.2. The van der Waals surface area contributed by atoms with E-state index in [9.17, 15) is 4.79 Å². The molecule has 0 bridgehead atoms. The molecule has 7 nitrogen and oxygen atoms in total. The Morgan fingerprint density at radius 1 is 1.34 bits per heavy atom. The van der Waals surface area contributed by atoms with Crippen LogP contribution in [0.4, 0.5) is 9.93 Å². The Hall–Kier alpha value is -3.39. The van der Waals surface area contributed by atoms with Crippen LogP contribution in [0.25, 0.3) is 5.57 Å². The number of furan rings is 1. The van der Waals surface area contributed by atoms with Crippen molar-refractivity contribution in [1.82, 2.24) is 15.2 Å². The van der Waals surface area contributed by atoms with E-state index in [2.05, 4.69) is 20.8 Å². The number of aromatic nitrogens is 1. The Morgan fingerprint density at radius 3 is 2.90 bits per heavy atom. The van der Waals surface area contributed by atoms with E-state index in [1.807, 2.05) is 55.8 Å². The zero-order valence-corrected chi connectivity index (χ0v) is 16.9. The Morgan fingerprint density at radius 2 is 2.17 bits per heavy atom. The van der Waals surface area contributed by atoms with Gasteiger partial charge in [0.25, 0.3) is 0 Å². The highest BCUT2D eigenvalue weighted by Gasteiger charge is 2.29. The predicted octanol–water partition coefficient (Wildman–Crippen LogP) is 4.62. The first-order valence-electron chi connectivity index (χ1n) is 9.28. The summed E-state index contributed by atoms with van der Waals surface area (Å²) in [5.41, 5.74) is 6.86. The molecule has 3 heterocycles. The second-order valence-corrected chi connectivity index (χ2v) is 7.45. The number of hydrogen-bond donors (Lipinski definition) is 2. The van der Waals surface area contributed by atoms with Crippen LogP contribution in [-0.2, 0) is 0 Å². The molecule has 1 aromatic carbocycles. The summed E-state index contributed by atoms with van der Waals surface area (Å²) in [6, 6.07) is 11.4. The second kappa shape index (κ2) is 8.32. The van der Waals surface area contributed by atoms with Gasteiger partial charge in [-0.2, -0.15) is 5.10 Å². The molecule has 2 aromatic heterocycles. The summed E-state index contributed by atoms with van der Waals surface area (Å²) in [7, 11) is 0. The van der Waals surface area contributed by atoms with Gasteiger partial charge in [0.1, 0.15) is 5.76 Å². The number of anilines is 1. The SMILES string of the molecule is CCN1C=C(c2csc(N/N=C\c3ccco3)n2)[C@H](c2ccc(C)cc2)NC1=O. The molecular formula is C21H21N5O2S. The van der Waals surface area contributed by atoms with E-state index >= 15 is 0 Å². The van der Waals surface area contributed by atoms with Crippen LogP contribution in [0.2, 0.25) is 0 Å². The number of urea groups is 1. The number of rotatable bonds is 6. The fourth-order valence-electron chi connectivity index (χ4n) is 3.03. The van der Waals surface area contributed by atoms with Crippen LogP contribution >= 0.6 is 11.3 Å². The number of nitrogens with zero attached hydrogens (tertiary/aromatic N) is 3. The Balaban J connectivity index is 1.60. The van der Waals surface area contributed by atoms with Gasteiger partial charge in [0.15, 0.2) is 0 Å². The van der Waals surface area contributed by atoms with Crippen molar-refractivity contribution < 1.29 is 9.21 Å². The van der Waals surface area contributed by atoms with Crippen LogP contribution < -0.4 is 10.7 Å². The summed E-state index contributed by atoms with van der Waals surface area (Å²) in [5.74, 6) is 0.657. The first kappa shape index (κ1) is 18.9. The molecule has 0 saturated heterocycles. The van der Waals surface area contributed by atoms with Crippen molar-refractivity contribution in [1.29, 1.82) is 0 Å². The normalized spacial score (nSPS) is 16.8. The van der Waals surface area contributed by atoms with E-state index in [0.29, 0.717) is 17.4 Å². The summed E-state index contributed by atoms with van der Waals surface area (Å²) in [4.78, 5) is 18.7. The van der Waals surface area contributed by atoms with Gasteiger partial charge in [0, 0.05) is 23.7 Å². The van der Waals surface area contributed by atoms with Gasteiger partial charge in [0.05, 0.1) is 24.2 Å². The highest BCUT2D eigenvalue weighted by Crippen LogP contribution is 2.35. The maximum Gasteiger partial charge on any atom is 0.322 e. The Kier molecular flexibility index (Phi) is 5.44. The quantitative estimate of drug-likeness (QED) is 0.461. The van der Waals surface area contributed by atoms with E-state index in [1.165, 1.54) is 16.9 Å². The van der Waals surface area contributed by atoms with E-state index in [0.717, 1.165) is 16.8 Å². The Labute approximate surface area is 172 Å². The topological polar surface area (TPSA) is 82.8 Å². The first-order chi connectivity index (χ1) is 14.1. The van der Waals surface area contributed by atoms with Gasteiger partial charge in [-0.1, -0.05) is 29.8 Å². The third-order valence-electron chi connectivity index (χ3n) is 4.58. The van der Waals surface area contributed by atoms with E-state index in [1.54, 1.807) is 23.4 Å². The first-order valence-corrected chi connectivity index (χ1v) is 10.2. The van der Waals surface area contributed by atoms with E-state index in [4.69, 9.17) is 4.42 Å². The summed E-state index contributed by atoms with van der Waals surface area (Å²) < 4.78 is 5.22. The summed E-state index contributed by atoms with van der Waals surface area (Å²) >= 11 is 1.45. The minimum Gasteiger partial charge on any atom is -0.463 e. The Bertz CT molecular complexity index is 1040. The van der Waals surface area contributed by atoms with Crippen molar-refractivity contribution in [3.63, 3.8) is 0 Å². The third kappa shape index (κ3) is 4.22. The van der Waals surface area contributed by atoms with Gasteiger partial charge in [-0.05, 0) is 31.5 Å². The van der Waals surface area contributed by atoms with Gasteiger partial charge in [0.2, 0.25) is 5.13 Å². The summed E-state index contributed by atoms with van der Waals surface area (Å²) in [6.07, 6.45) is 5.07. The molecule has 0 saturated carbocycles. The van der Waals surface area contributed by atoms with Crippen LogP contribution in [0, 0.1) is 6.92 Å². The number of hydrazone groups is 1. The standard InChI is InChI=1S/C21H21N5O2S/c1-3-26-12-17(19(24-21(26)27)15-8-6-14(2)7-9-15)18-13-29-20(23-18)25-22-11-16-5-4-10-28-16/h4-13,19H,3H2,1-2H3,(H,23,25)(H,24,27)/b22-11-/t19-/m0/s1. The molecule has 1 aliphatic heterocycles. The lowest BCUT2D eigenvalue weighted by atomic mass is 9.95. The molecule has 0 spiro atoms. The molecule has 8 heteroatoms. The fraction of sp³-hybridized carbons (Fsp3) is 0.190. The van der Waals surface area contributed by atoms with Crippen molar-refractivity contribution in [3.8, 4) is 0 Å². The maximum absolute atomic E-state index is 12.4. The van der Waals surface area contributed by atoms with Gasteiger partial charge >= 0.3 is 6.03 Å². The van der Waals surface area contributed by atoms with Gasteiger partial charge in [-0.15, -0.1) is 11.3 Å². The maximum atomic E-state index is 12.4. The predicted molar refractivity (Wildman–Crippen MR) is 115 cm³/mol. The smallest absolute Gasteiger partial charge is 0.322 e. The van der Waals surface area contributed by atoms with Crippen molar-refractivity contribution in [3.05, 3.63) is 76.8 Å². The molecule has 0 unspecified atom stereocenters. The van der Waals surface area contributed by atoms with Gasteiger partial charge in [-0.25, -0.2) is 9.78 Å². The lowest BCUT2D eigenvalue weighted by Crippen LogP contribution is -2.43. The molecule has 4 rings (SSSR count). The highest BCUT2D eigenvalue weighted by molar-refractivity contribution is 7.13. The molecule has 2 amide bonds. The van der Waals surface area contributed by atoms with E-state index in [-0.39, 0.29) is 12.1 Å². The zero-order valence-electron chi connectivity index (χ0n) is 16.1. The van der Waals surface area contributed by atoms with Crippen LogP contribution in [-0.4, -0.2) is 28.7 Å². The largest absolute Gasteiger partial charge is 0.463 e. The summed E-state index contributed by atoms with van der Waals surface area (Å²) in [6.45, 7) is 4.57.